The predicted octanol–water partition coefficient (Wildman–Crippen LogP) is 2.94. The van der Waals surface area contributed by atoms with Crippen LogP contribution in [0.1, 0.15) is 38.4 Å². The van der Waals surface area contributed by atoms with E-state index in [9.17, 15) is 4.79 Å². The molecule has 1 unspecified atom stereocenters. The van der Waals surface area contributed by atoms with Crippen LogP contribution < -0.4 is 0 Å². The van der Waals surface area contributed by atoms with Crippen molar-refractivity contribution in [3.63, 3.8) is 0 Å². The van der Waals surface area contributed by atoms with Crippen LogP contribution in [0.15, 0.2) is 22.8 Å². The maximum absolute atomic E-state index is 12.0. The predicted molar refractivity (Wildman–Crippen MR) is 75.0 cm³/mol. The van der Waals surface area contributed by atoms with Crippen LogP contribution in [0.3, 0.4) is 0 Å². The van der Waals surface area contributed by atoms with Crippen LogP contribution in [0, 0.1) is 0 Å². The molecule has 0 aliphatic carbocycles. The van der Waals surface area contributed by atoms with Gasteiger partial charge in [0.1, 0.15) is 5.92 Å². The number of pyridine rings is 1. The summed E-state index contributed by atoms with van der Waals surface area (Å²) in [6.45, 7) is 4.21. The molecule has 0 spiro atoms. The van der Waals surface area contributed by atoms with Gasteiger partial charge < -0.3 is 4.74 Å². The van der Waals surface area contributed by atoms with Crippen molar-refractivity contribution in [1.29, 1.82) is 0 Å². The van der Waals surface area contributed by atoms with Gasteiger partial charge in [0.25, 0.3) is 0 Å². The third kappa shape index (κ3) is 2.94. The van der Waals surface area contributed by atoms with Gasteiger partial charge in [-0.15, -0.1) is 10.2 Å². The number of hydrogen-bond donors (Lipinski definition) is 0. The van der Waals surface area contributed by atoms with E-state index < -0.39 is 0 Å². The van der Waals surface area contributed by atoms with E-state index in [0.717, 1.165) is 16.5 Å². The van der Waals surface area contributed by atoms with Gasteiger partial charge in [-0.3, -0.25) is 9.20 Å². The minimum absolute atomic E-state index is 0.237. The molecule has 0 fully saturated rings. The number of ether oxygens (including phenoxy) is 1. The van der Waals surface area contributed by atoms with Crippen LogP contribution in [0.4, 0.5) is 0 Å². The molecule has 2 rings (SSSR count). The Morgan fingerprint density at radius 3 is 2.89 bits per heavy atom. The fourth-order valence-corrected chi connectivity index (χ4v) is 2.34. The first-order valence-corrected chi connectivity index (χ1v) is 7.13. The van der Waals surface area contributed by atoms with Gasteiger partial charge >= 0.3 is 5.97 Å². The Hall–Kier alpha value is -1.43. The number of nitrogens with zero attached hydrogens (tertiary/aromatic N) is 3. The Bertz CT molecular complexity index is 582. The number of hydrogen-bond acceptors (Lipinski definition) is 4. The van der Waals surface area contributed by atoms with Crippen molar-refractivity contribution in [2.24, 2.45) is 0 Å². The first-order chi connectivity index (χ1) is 9.17. The van der Waals surface area contributed by atoms with E-state index in [2.05, 4.69) is 26.1 Å². The molecule has 0 radical (unpaired) electrons. The van der Waals surface area contributed by atoms with Gasteiger partial charge in [-0.05, 0) is 41.4 Å². The molecule has 0 aromatic carbocycles. The summed E-state index contributed by atoms with van der Waals surface area (Å²) in [4.78, 5) is 12.0. The molecule has 0 bridgehead atoms. The van der Waals surface area contributed by atoms with Crippen LogP contribution in [-0.2, 0) is 9.53 Å². The molecule has 0 saturated heterocycles. The number of fused-ring (bicyclic) bond motifs is 1. The average molecular weight is 326 g/mol. The molecule has 2 aromatic heterocycles. The summed E-state index contributed by atoms with van der Waals surface area (Å²) in [6, 6.07) is 3.75. The molecule has 5 nitrogen and oxygen atoms in total. The topological polar surface area (TPSA) is 56.5 Å². The first-order valence-electron chi connectivity index (χ1n) is 6.34. The molecule has 1 atom stereocenters. The van der Waals surface area contributed by atoms with Gasteiger partial charge in [-0.2, -0.15) is 0 Å². The molecule has 0 amide bonds. The van der Waals surface area contributed by atoms with Gasteiger partial charge in [-0.25, -0.2) is 0 Å². The van der Waals surface area contributed by atoms with Crippen molar-refractivity contribution in [2.45, 2.75) is 32.6 Å². The van der Waals surface area contributed by atoms with Gasteiger partial charge in [0.05, 0.1) is 6.61 Å². The zero-order valence-electron chi connectivity index (χ0n) is 11.0. The number of esters is 1. The first kappa shape index (κ1) is 14.0. The molecule has 0 N–H and O–H groups in total. The highest BCUT2D eigenvalue weighted by Gasteiger charge is 2.26. The summed E-state index contributed by atoms with van der Waals surface area (Å²) in [5.74, 6) is 0.0319. The van der Waals surface area contributed by atoms with E-state index in [1.165, 1.54) is 0 Å². The highest BCUT2D eigenvalue weighted by atomic mass is 79.9. The fraction of sp³-hybridized carbons (Fsp3) is 0.462. The van der Waals surface area contributed by atoms with Gasteiger partial charge in [0, 0.05) is 10.7 Å². The number of rotatable bonds is 5. The van der Waals surface area contributed by atoms with Crippen molar-refractivity contribution in [3.05, 3.63) is 28.6 Å². The standard InChI is InChI=1S/C13H16BrN3O2/c1-3-5-10(13(18)19-4-2)12-16-15-11-7-6-9(14)8-17(11)12/h6-8,10H,3-5H2,1-2H3. The Kier molecular flexibility index (Phi) is 4.52. The zero-order chi connectivity index (χ0) is 13.8. The summed E-state index contributed by atoms with van der Waals surface area (Å²) in [7, 11) is 0. The van der Waals surface area contributed by atoms with Crippen LogP contribution in [0.5, 0.6) is 0 Å². The van der Waals surface area contributed by atoms with E-state index in [-0.39, 0.29) is 11.9 Å². The lowest BCUT2D eigenvalue weighted by Gasteiger charge is -2.13. The summed E-state index contributed by atoms with van der Waals surface area (Å²) in [5.41, 5.74) is 0.726. The molecule has 2 heterocycles. The number of aromatic nitrogens is 3. The molecule has 19 heavy (non-hydrogen) atoms. The fourth-order valence-electron chi connectivity index (χ4n) is 2.00. The van der Waals surface area contributed by atoms with Crippen LogP contribution in [0.2, 0.25) is 0 Å². The third-order valence-corrected chi connectivity index (χ3v) is 3.32. The lowest BCUT2D eigenvalue weighted by atomic mass is 10.0. The number of carbonyl (C=O) groups excluding carboxylic acids is 1. The second-order valence-corrected chi connectivity index (χ2v) is 5.14. The molecule has 6 heteroatoms. The van der Waals surface area contributed by atoms with Crippen LogP contribution in [0.25, 0.3) is 5.65 Å². The lowest BCUT2D eigenvalue weighted by molar-refractivity contribution is -0.145. The molecule has 2 aromatic rings. The zero-order valence-corrected chi connectivity index (χ0v) is 12.6. The Morgan fingerprint density at radius 2 is 2.21 bits per heavy atom. The smallest absolute Gasteiger partial charge is 0.316 e. The van der Waals surface area contributed by atoms with E-state index in [1.807, 2.05) is 29.7 Å². The number of carbonyl (C=O) groups is 1. The minimum Gasteiger partial charge on any atom is -0.465 e. The SMILES string of the molecule is CCCC(C(=O)OCC)c1nnc2ccc(Br)cn12. The Labute approximate surface area is 120 Å². The third-order valence-electron chi connectivity index (χ3n) is 2.85. The average Bonchev–Trinajstić information content (AvgIpc) is 2.79. The quantitative estimate of drug-likeness (QED) is 0.793. The molecular formula is C13H16BrN3O2. The van der Waals surface area contributed by atoms with Crippen molar-refractivity contribution < 1.29 is 9.53 Å². The number of halogens is 1. The lowest BCUT2D eigenvalue weighted by Crippen LogP contribution is -2.18. The second kappa shape index (κ2) is 6.14. The normalized spacial score (nSPS) is 12.6. The van der Waals surface area contributed by atoms with Gasteiger partial charge in [-0.1, -0.05) is 13.3 Å². The van der Waals surface area contributed by atoms with Gasteiger partial charge in [0.15, 0.2) is 11.5 Å². The molecular weight excluding hydrogens is 310 g/mol. The summed E-state index contributed by atoms with van der Waals surface area (Å²) in [5, 5.41) is 8.24. The van der Waals surface area contributed by atoms with E-state index in [4.69, 9.17) is 4.74 Å². The molecule has 102 valence electrons. The van der Waals surface area contributed by atoms with Crippen molar-refractivity contribution in [3.8, 4) is 0 Å². The Morgan fingerprint density at radius 1 is 1.42 bits per heavy atom. The maximum atomic E-state index is 12.0. The summed E-state index contributed by atoms with van der Waals surface area (Å²) in [6.07, 6.45) is 3.45. The summed E-state index contributed by atoms with van der Waals surface area (Å²) >= 11 is 3.41. The van der Waals surface area contributed by atoms with E-state index >= 15 is 0 Å². The molecule has 0 aliphatic rings. The molecule has 0 aliphatic heterocycles. The van der Waals surface area contributed by atoms with Crippen molar-refractivity contribution in [1.82, 2.24) is 14.6 Å². The van der Waals surface area contributed by atoms with Crippen LogP contribution >= 0.6 is 15.9 Å². The Balaban J connectivity index is 2.43. The highest BCUT2D eigenvalue weighted by Crippen LogP contribution is 2.23. The van der Waals surface area contributed by atoms with E-state index in [1.54, 1.807) is 6.92 Å². The largest absolute Gasteiger partial charge is 0.465 e. The summed E-state index contributed by atoms with van der Waals surface area (Å²) < 4.78 is 7.88. The van der Waals surface area contributed by atoms with Crippen LogP contribution in [-0.4, -0.2) is 27.2 Å². The second-order valence-electron chi connectivity index (χ2n) is 4.23. The van der Waals surface area contributed by atoms with Gasteiger partial charge in [0.2, 0.25) is 0 Å². The highest BCUT2D eigenvalue weighted by molar-refractivity contribution is 9.10. The maximum Gasteiger partial charge on any atom is 0.316 e. The van der Waals surface area contributed by atoms with Crippen molar-refractivity contribution >= 4 is 27.5 Å². The minimum atomic E-state index is -0.366. The molecule has 0 saturated carbocycles. The van der Waals surface area contributed by atoms with E-state index in [0.29, 0.717) is 18.9 Å². The van der Waals surface area contributed by atoms with Crippen molar-refractivity contribution in [2.75, 3.05) is 6.61 Å². The monoisotopic (exact) mass is 325 g/mol.